The molecule has 6 heteroatoms. The molecule has 1 aliphatic heterocycles. The highest BCUT2D eigenvalue weighted by Gasteiger charge is 2.40. The van der Waals surface area contributed by atoms with Crippen LogP contribution in [0.4, 0.5) is 5.69 Å². The maximum Gasteiger partial charge on any atom is 0.303 e. The van der Waals surface area contributed by atoms with Gasteiger partial charge in [0.2, 0.25) is 0 Å². The fourth-order valence-electron chi connectivity index (χ4n) is 3.52. The van der Waals surface area contributed by atoms with E-state index in [0.29, 0.717) is 13.1 Å². The van der Waals surface area contributed by atoms with Gasteiger partial charge in [0.25, 0.3) is 5.91 Å². The van der Waals surface area contributed by atoms with Gasteiger partial charge in [0, 0.05) is 24.9 Å². The van der Waals surface area contributed by atoms with E-state index in [-0.39, 0.29) is 11.2 Å². The highest BCUT2D eigenvalue weighted by molar-refractivity contribution is 7.99. The lowest BCUT2D eigenvalue weighted by molar-refractivity contribution is -0.152. The molecule has 0 radical (unpaired) electrons. The van der Waals surface area contributed by atoms with E-state index in [1.165, 1.54) is 12.5 Å². The molecule has 2 atom stereocenters. The van der Waals surface area contributed by atoms with Crippen LogP contribution in [0, 0.1) is 6.92 Å². The van der Waals surface area contributed by atoms with Gasteiger partial charge in [-0.25, -0.2) is 0 Å². The molecule has 1 amide bonds. The van der Waals surface area contributed by atoms with Gasteiger partial charge in [0.15, 0.2) is 6.10 Å². The molecule has 0 aromatic heterocycles. The van der Waals surface area contributed by atoms with Gasteiger partial charge in [-0.05, 0) is 50.7 Å². The zero-order valence-electron chi connectivity index (χ0n) is 18.3. The van der Waals surface area contributed by atoms with Crippen molar-refractivity contribution in [1.82, 2.24) is 4.90 Å². The number of esters is 1. The van der Waals surface area contributed by atoms with Crippen LogP contribution in [-0.4, -0.2) is 50.1 Å². The second-order valence-corrected chi connectivity index (χ2v) is 9.11. The number of hydrogen-bond acceptors (Lipinski definition) is 5. The van der Waals surface area contributed by atoms with Crippen LogP contribution in [0.2, 0.25) is 0 Å². The lowest BCUT2D eigenvalue weighted by Gasteiger charge is -2.28. The maximum atomic E-state index is 13.7. The first-order valence-electron chi connectivity index (χ1n) is 10.3. The zero-order valence-corrected chi connectivity index (χ0v) is 19.2. The molecule has 30 heavy (non-hydrogen) atoms. The van der Waals surface area contributed by atoms with Gasteiger partial charge in [-0.3, -0.25) is 9.59 Å². The minimum atomic E-state index is -0.880. The summed E-state index contributed by atoms with van der Waals surface area (Å²) in [6, 6.07) is 14.4. The van der Waals surface area contributed by atoms with E-state index in [1.807, 2.05) is 56.3 Å². The number of aryl methyl sites for hydroxylation is 2. The number of ether oxygens (including phenoxy) is 1. The first-order chi connectivity index (χ1) is 14.3. The van der Waals surface area contributed by atoms with E-state index in [0.717, 1.165) is 28.1 Å². The molecule has 160 valence electrons. The number of hydrogen-bond donors (Lipinski definition) is 0. The van der Waals surface area contributed by atoms with Gasteiger partial charge in [0.05, 0.1) is 10.9 Å². The van der Waals surface area contributed by atoms with Crippen molar-refractivity contribution in [1.29, 1.82) is 0 Å². The number of carbonyl (C=O) groups excluding carboxylic acids is 2. The Balaban J connectivity index is 2.12. The first kappa shape index (κ1) is 22.4. The summed E-state index contributed by atoms with van der Waals surface area (Å²) in [5, 5.41) is -0.308. The number of amides is 1. The molecule has 0 unspecified atom stereocenters. The number of benzene rings is 2. The zero-order chi connectivity index (χ0) is 21.8. The van der Waals surface area contributed by atoms with Crippen LogP contribution in [0.3, 0.4) is 0 Å². The van der Waals surface area contributed by atoms with Gasteiger partial charge < -0.3 is 14.5 Å². The Kier molecular flexibility index (Phi) is 7.21. The summed E-state index contributed by atoms with van der Waals surface area (Å²) in [5.41, 5.74) is 4.23. The van der Waals surface area contributed by atoms with Crippen LogP contribution in [0.25, 0.3) is 0 Å². The van der Waals surface area contributed by atoms with Gasteiger partial charge >= 0.3 is 5.97 Å². The average Bonchev–Trinajstić information content (AvgIpc) is 2.81. The molecule has 0 saturated carbocycles. The molecule has 0 spiro atoms. The van der Waals surface area contributed by atoms with Crippen molar-refractivity contribution < 1.29 is 14.3 Å². The van der Waals surface area contributed by atoms with E-state index in [4.69, 9.17) is 4.74 Å². The van der Waals surface area contributed by atoms with Gasteiger partial charge in [0.1, 0.15) is 0 Å². The predicted molar refractivity (Wildman–Crippen MR) is 122 cm³/mol. The van der Waals surface area contributed by atoms with Crippen LogP contribution in [0.1, 0.15) is 35.8 Å². The Morgan fingerprint density at radius 1 is 1.17 bits per heavy atom. The average molecular weight is 427 g/mol. The molecular formula is C24H30N2O3S. The van der Waals surface area contributed by atoms with Crippen molar-refractivity contribution in [2.24, 2.45) is 0 Å². The molecular weight excluding hydrogens is 396 g/mol. The SMILES string of the molecule is CCc1ccc2c(c1)S[C@H](c1ccc(C)cc1)[C@H](OC(C)=O)C(=O)N2CCN(C)C. The van der Waals surface area contributed by atoms with Crippen molar-refractivity contribution in [3.8, 4) is 0 Å². The minimum absolute atomic E-state index is 0.173. The van der Waals surface area contributed by atoms with Crippen LogP contribution < -0.4 is 4.90 Å². The number of likely N-dealkylation sites (N-methyl/N-ethyl adjacent to an activating group) is 1. The van der Waals surface area contributed by atoms with E-state index in [9.17, 15) is 9.59 Å². The van der Waals surface area contributed by atoms with E-state index in [1.54, 1.807) is 16.7 Å². The Hall–Kier alpha value is -2.31. The molecule has 0 fully saturated rings. The maximum absolute atomic E-state index is 13.7. The number of anilines is 1. The molecule has 1 heterocycles. The van der Waals surface area contributed by atoms with Crippen LogP contribution in [-0.2, 0) is 20.7 Å². The fourth-order valence-corrected chi connectivity index (χ4v) is 4.90. The van der Waals surface area contributed by atoms with Gasteiger partial charge in [-0.2, -0.15) is 0 Å². The summed E-state index contributed by atoms with van der Waals surface area (Å²) in [5.74, 6) is -0.619. The van der Waals surface area contributed by atoms with Crippen molar-refractivity contribution in [2.45, 2.75) is 43.4 Å². The monoisotopic (exact) mass is 426 g/mol. The third-order valence-corrected chi connectivity index (χ3v) is 6.59. The molecule has 0 saturated heterocycles. The smallest absolute Gasteiger partial charge is 0.303 e. The van der Waals surface area contributed by atoms with Crippen molar-refractivity contribution in [2.75, 3.05) is 32.1 Å². The number of carbonyl (C=O) groups is 2. The fraction of sp³-hybridized carbons (Fsp3) is 0.417. The highest BCUT2D eigenvalue weighted by Crippen LogP contribution is 2.47. The summed E-state index contributed by atoms with van der Waals surface area (Å²) >= 11 is 1.60. The molecule has 1 aliphatic rings. The Bertz CT molecular complexity index is 911. The number of thioether (sulfide) groups is 1. The topological polar surface area (TPSA) is 49.9 Å². The van der Waals surface area contributed by atoms with Gasteiger partial charge in [-0.15, -0.1) is 11.8 Å². The summed E-state index contributed by atoms with van der Waals surface area (Å²) in [7, 11) is 3.97. The third-order valence-electron chi connectivity index (χ3n) is 5.23. The summed E-state index contributed by atoms with van der Waals surface area (Å²) < 4.78 is 5.64. The quantitative estimate of drug-likeness (QED) is 0.647. The number of nitrogens with zero attached hydrogens (tertiary/aromatic N) is 2. The van der Waals surface area contributed by atoms with Crippen LogP contribution in [0.5, 0.6) is 0 Å². The van der Waals surface area contributed by atoms with Gasteiger partial charge in [-0.1, -0.05) is 42.8 Å². The minimum Gasteiger partial charge on any atom is -0.451 e. The van der Waals surface area contributed by atoms with Crippen molar-refractivity contribution in [3.63, 3.8) is 0 Å². The van der Waals surface area contributed by atoms with E-state index >= 15 is 0 Å². The number of fused-ring (bicyclic) bond motifs is 1. The standard InChI is InChI=1S/C24H30N2O3S/c1-6-18-9-12-20-21(15-18)30-23(19-10-7-16(2)8-11-19)22(29-17(3)27)24(28)26(20)14-13-25(4)5/h7-12,15,22-23H,6,13-14H2,1-5H3/t22-,23+/m0/s1. The molecule has 2 aromatic rings. The van der Waals surface area contributed by atoms with E-state index < -0.39 is 12.1 Å². The first-order valence-corrected chi connectivity index (χ1v) is 11.2. The molecule has 0 N–H and O–H groups in total. The van der Waals surface area contributed by atoms with E-state index in [2.05, 4.69) is 19.1 Å². The van der Waals surface area contributed by atoms with Crippen molar-refractivity contribution in [3.05, 3.63) is 59.2 Å². The molecule has 3 rings (SSSR count). The normalized spacial score (nSPS) is 18.9. The Labute approximate surface area is 183 Å². The summed E-state index contributed by atoms with van der Waals surface area (Å²) in [4.78, 5) is 30.5. The molecule has 0 aliphatic carbocycles. The van der Waals surface area contributed by atoms with Crippen LogP contribution >= 0.6 is 11.8 Å². The molecule has 5 nitrogen and oxygen atoms in total. The van der Waals surface area contributed by atoms with Crippen LogP contribution in [0.15, 0.2) is 47.4 Å². The highest BCUT2D eigenvalue weighted by atomic mass is 32.2. The van der Waals surface area contributed by atoms with Crippen molar-refractivity contribution >= 4 is 29.3 Å². The summed E-state index contributed by atoms with van der Waals surface area (Å²) in [6.45, 7) is 6.76. The lowest BCUT2D eigenvalue weighted by Crippen LogP contribution is -2.45. The second-order valence-electron chi connectivity index (χ2n) is 7.93. The summed E-state index contributed by atoms with van der Waals surface area (Å²) in [6.07, 6.45) is 0.0389. The second kappa shape index (κ2) is 9.67. The predicted octanol–water partition coefficient (Wildman–Crippen LogP) is 4.23. The Morgan fingerprint density at radius 2 is 1.87 bits per heavy atom. The lowest BCUT2D eigenvalue weighted by atomic mass is 10.0. The molecule has 2 aromatic carbocycles. The molecule has 0 bridgehead atoms. The largest absolute Gasteiger partial charge is 0.451 e. The Morgan fingerprint density at radius 3 is 2.47 bits per heavy atom. The number of rotatable bonds is 6. The third kappa shape index (κ3) is 5.05.